The van der Waals surface area contributed by atoms with Crippen LogP contribution >= 0.6 is 11.8 Å². The Morgan fingerprint density at radius 2 is 1.79 bits per heavy atom. The summed E-state index contributed by atoms with van der Waals surface area (Å²) in [5.41, 5.74) is 1.74. The van der Waals surface area contributed by atoms with Gasteiger partial charge in [-0.05, 0) is 48.0 Å². The van der Waals surface area contributed by atoms with Gasteiger partial charge in [-0.2, -0.15) is 0 Å². The molecule has 7 nitrogen and oxygen atoms in total. The van der Waals surface area contributed by atoms with Gasteiger partial charge in [0.05, 0.1) is 17.8 Å². The number of carboxylic acid groups (broad SMARTS) is 1. The number of carbonyl (C=O) groups excluding carboxylic acids is 2. The van der Waals surface area contributed by atoms with Crippen LogP contribution in [-0.4, -0.2) is 38.2 Å². The first-order chi connectivity index (χ1) is 16.4. The zero-order valence-corrected chi connectivity index (χ0v) is 18.7. The van der Waals surface area contributed by atoms with Crippen LogP contribution in [0, 0.1) is 5.82 Å². The molecule has 2 amide bonds. The third kappa shape index (κ3) is 5.68. The van der Waals surface area contributed by atoms with Gasteiger partial charge in [-0.15, -0.1) is 0 Å². The van der Waals surface area contributed by atoms with Crippen molar-refractivity contribution in [2.45, 2.75) is 18.2 Å². The maximum absolute atomic E-state index is 13.7. The lowest BCUT2D eigenvalue weighted by molar-refractivity contribution is -0.129. The van der Waals surface area contributed by atoms with Gasteiger partial charge in [0.25, 0.3) is 0 Å². The minimum atomic E-state index is -1.07. The van der Waals surface area contributed by atoms with Crippen LogP contribution in [0.15, 0.2) is 83.9 Å². The Kier molecular flexibility index (Phi) is 7.03. The summed E-state index contributed by atoms with van der Waals surface area (Å²) < 4.78 is 13.7. The molecular weight excluding hydrogens is 457 g/mol. The second-order valence-electron chi connectivity index (χ2n) is 7.52. The van der Waals surface area contributed by atoms with E-state index in [1.807, 2.05) is 30.3 Å². The summed E-state index contributed by atoms with van der Waals surface area (Å²) in [5, 5.41) is 11.3. The molecule has 34 heavy (non-hydrogen) atoms. The van der Waals surface area contributed by atoms with E-state index in [2.05, 4.69) is 10.3 Å². The van der Waals surface area contributed by atoms with Crippen molar-refractivity contribution in [3.05, 3.63) is 95.8 Å². The molecule has 1 heterocycles. The molecule has 1 saturated heterocycles. The van der Waals surface area contributed by atoms with E-state index in [1.54, 1.807) is 6.07 Å². The van der Waals surface area contributed by atoms with Crippen molar-refractivity contribution in [2.75, 3.05) is 5.32 Å². The second-order valence-corrected chi connectivity index (χ2v) is 8.69. The number of carbonyl (C=O) groups is 3. The van der Waals surface area contributed by atoms with Crippen LogP contribution in [0.25, 0.3) is 0 Å². The zero-order valence-electron chi connectivity index (χ0n) is 17.8. The minimum Gasteiger partial charge on any atom is -0.478 e. The number of anilines is 1. The topological polar surface area (TPSA) is 99.1 Å². The van der Waals surface area contributed by atoms with Crippen molar-refractivity contribution in [1.82, 2.24) is 4.90 Å². The Hall–Kier alpha value is -3.98. The monoisotopic (exact) mass is 477 g/mol. The number of benzene rings is 3. The summed E-state index contributed by atoms with van der Waals surface area (Å²) >= 11 is 1.13. The van der Waals surface area contributed by atoms with Crippen molar-refractivity contribution in [3.8, 4) is 0 Å². The first-order valence-corrected chi connectivity index (χ1v) is 11.3. The largest absolute Gasteiger partial charge is 0.478 e. The van der Waals surface area contributed by atoms with Crippen molar-refractivity contribution in [1.29, 1.82) is 0 Å². The first-order valence-electron chi connectivity index (χ1n) is 10.4. The van der Waals surface area contributed by atoms with Gasteiger partial charge in [0.2, 0.25) is 11.8 Å². The smallest absolute Gasteiger partial charge is 0.335 e. The fourth-order valence-corrected chi connectivity index (χ4v) is 4.44. The van der Waals surface area contributed by atoms with Gasteiger partial charge in [0.15, 0.2) is 5.17 Å². The highest BCUT2D eigenvalue weighted by Gasteiger charge is 2.36. The average Bonchev–Trinajstić information content (AvgIpc) is 2.82. The molecule has 3 aromatic rings. The highest BCUT2D eigenvalue weighted by molar-refractivity contribution is 8.15. The summed E-state index contributed by atoms with van der Waals surface area (Å²) in [4.78, 5) is 43.0. The molecule has 1 aliphatic heterocycles. The van der Waals surface area contributed by atoms with Gasteiger partial charge in [0, 0.05) is 12.1 Å². The molecule has 0 unspecified atom stereocenters. The van der Waals surface area contributed by atoms with Crippen molar-refractivity contribution < 1.29 is 23.9 Å². The molecule has 2 N–H and O–H groups in total. The standard InChI is InChI=1S/C25H20FN3O4S/c26-18-7-4-8-20(13-18)28-25-29(15-16-5-2-1-3-6-16)22(30)14-21(34-25)23(31)27-19-11-9-17(10-12-19)24(32)33/h1-13,21H,14-15H2,(H,27,31)(H,32,33)/t21-/m1/s1. The molecule has 0 radical (unpaired) electrons. The third-order valence-corrected chi connectivity index (χ3v) is 6.24. The van der Waals surface area contributed by atoms with E-state index < -0.39 is 22.9 Å². The average molecular weight is 478 g/mol. The summed E-state index contributed by atoms with van der Waals surface area (Å²) in [6, 6.07) is 20.8. The molecule has 9 heteroatoms. The van der Waals surface area contributed by atoms with Gasteiger partial charge < -0.3 is 10.4 Å². The molecule has 1 fully saturated rings. The number of aliphatic imine (C=N–C) groups is 1. The maximum atomic E-state index is 13.7. The number of halogens is 1. The molecule has 172 valence electrons. The zero-order chi connectivity index (χ0) is 24.1. The number of nitrogens with zero attached hydrogens (tertiary/aromatic N) is 2. The number of nitrogens with one attached hydrogen (secondary N) is 1. The van der Waals surface area contributed by atoms with Crippen molar-refractivity contribution >= 4 is 46.1 Å². The highest BCUT2D eigenvalue weighted by Crippen LogP contribution is 2.31. The van der Waals surface area contributed by atoms with Gasteiger partial charge in [-0.3, -0.25) is 14.5 Å². The first kappa shape index (κ1) is 23.2. The van der Waals surface area contributed by atoms with Crippen LogP contribution in [-0.2, 0) is 16.1 Å². The Morgan fingerprint density at radius 1 is 1.06 bits per heavy atom. The van der Waals surface area contributed by atoms with Crippen LogP contribution in [0.3, 0.4) is 0 Å². The molecule has 1 atom stereocenters. The van der Waals surface area contributed by atoms with E-state index in [0.29, 0.717) is 16.5 Å². The summed E-state index contributed by atoms with van der Waals surface area (Å²) in [6.07, 6.45) is -0.0429. The Balaban J connectivity index is 1.57. The predicted octanol–water partition coefficient (Wildman–Crippen LogP) is 4.68. The van der Waals surface area contributed by atoms with E-state index in [-0.39, 0.29) is 24.4 Å². The summed E-state index contributed by atoms with van der Waals surface area (Å²) in [6.45, 7) is 0.270. The lowest BCUT2D eigenvalue weighted by Crippen LogP contribution is -2.44. The number of amides is 2. The van der Waals surface area contributed by atoms with E-state index in [0.717, 1.165) is 17.3 Å². The van der Waals surface area contributed by atoms with Crippen LogP contribution in [0.2, 0.25) is 0 Å². The number of hydrogen-bond acceptors (Lipinski definition) is 5. The Labute approximate surface area is 199 Å². The lowest BCUT2D eigenvalue weighted by Gasteiger charge is -2.32. The fraction of sp³-hybridized carbons (Fsp3) is 0.120. The molecule has 3 aromatic carbocycles. The normalized spacial score (nSPS) is 17.0. The Bertz CT molecular complexity index is 1250. The number of hydrogen-bond donors (Lipinski definition) is 2. The number of rotatable bonds is 6. The van der Waals surface area contributed by atoms with Gasteiger partial charge in [-0.25, -0.2) is 14.2 Å². The van der Waals surface area contributed by atoms with Crippen LogP contribution in [0.1, 0.15) is 22.3 Å². The van der Waals surface area contributed by atoms with Crippen molar-refractivity contribution in [2.24, 2.45) is 4.99 Å². The highest BCUT2D eigenvalue weighted by atomic mass is 32.2. The third-order valence-electron chi connectivity index (χ3n) is 5.05. The number of carboxylic acids is 1. The predicted molar refractivity (Wildman–Crippen MR) is 129 cm³/mol. The van der Waals surface area contributed by atoms with E-state index in [1.165, 1.54) is 47.4 Å². The number of aromatic carboxylic acids is 1. The van der Waals surface area contributed by atoms with E-state index in [4.69, 9.17) is 5.11 Å². The molecule has 0 aliphatic carbocycles. The van der Waals surface area contributed by atoms with Gasteiger partial charge in [0.1, 0.15) is 11.1 Å². The van der Waals surface area contributed by atoms with Crippen LogP contribution in [0.4, 0.5) is 15.8 Å². The van der Waals surface area contributed by atoms with Gasteiger partial charge >= 0.3 is 5.97 Å². The van der Waals surface area contributed by atoms with Crippen LogP contribution < -0.4 is 5.32 Å². The maximum Gasteiger partial charge on any atom is 0.335 e. The molecule has 0 aromatic heterocycles. The number of thioether (sulfide) groups is 1. The minimum absolute atomic E-state index is 0.0429. The summed E-state index contributed by atoms with van der Waals surface area (Å²) in [5.74, 6) is -2.21. The Morgan fingerprint density at radius 3 is 2.47 bits per heavy atom. The van der Waals surface area contributed by atoms with E-state index in [9.17, 15) is 18.8 Å². The molecule has 1 aliphatic rings. The molecule has 0 bridgehead atoms. The molecule has 0 spiro atoms. The lowest BCUT2D eigenvalue weighted by atomic mass is 10.2. The van der Waals surface area contributed by atoms with Crippen molar-refractivity contribution in [3.63, 3.8) is 0 Å². The second kappa shape index (κ2) is 10.3. The van der Waals surface area contributed by atoms with Crippen LogP contribution in [0.5, 0.6) is 0 Å². The molecular formula is C25H20FN3O4S. The fourth-order valence-electron chi connectivity index (χ4n) is 3.34. The SMILES string of the molecule is O=C(O)c1ccc(NC(=O)[C@H]2CC(=O)N(Cc3ccccc3)C(=Nc3cccc(F)c3)S2)cc1. The molecule has 4 rings (SSSR count). The summed E-state index contributed by atoms with van der Waals surface area (Å²) in [7, 11) is 0. The quantitative estimate of drug-likeness (QED) is 0.537. The van der Waals surface area contributed by atoms with E-state index >= 15 is 0 Å². The number of amidine groups is 1. The molecule has 0 saturated carbocycles. The van der Waals surface area contributed by atoms with Gasteiger partial charge in [-0.1, -0.05) is 48.2 Å².